The third kappa shape index (κ3) is 4.41. The summed E-state index contributed by atoms with van der Waals surface area (Å²) in [4.78, 5) is 11.4. The number of ether oxygens (including phenoxy) is 1. The molecule has 0 saturated carbocycles. The van der Waals surface area contributed by atoms with Gasteiger partial charge < -0.3 is 15.4 Å². The van der Waals surface area contributed by atoms with Gasteiger partial charge in [-0.2, -0.15) is 5.10 Å². The van der Waals surface area contributed by atoms with Crippen LogP contribution in [0.15, 0.2) is 12.4 Å². The zero-order valence-corrected chi connectivity index (χ0v) is 9.69. The van der Waals surface area contributed by atoms with Crippen molar-refractivity contribution in [2.45, 2.75) is 13.5 Å². The van der Waals surface area contributed by atoms with E-state index in [2.05, 4.69) is 15.7 Å². The smallest absolute Gasteiger partial charge is 0.238 e. The van der Waals surface area contributed by atoms with Gasteiger partial charge in [-0.05, 0) is 6.92 Å². The Morgan fingerprint density at radius 3 is 3.06 bits per heavy atom. The summed E-state index contributed by atoms with van der Waals surface area (Å²) in [5, 5.41) is 9.77. The monoisotopic (exact) mass is 226 g/mol. The zero-order valence-electron chi connectivity index (χ0n) is 9.69. The van der Waals surface area contributed by atoms with Gasteiger partial charge in [0.1, 0.15) is 0 Å². The number of hydrogen-bond acceptors (Lipinski definition) is 4. The second-order valence-corrected chi connectivity index (χ2v) is 3.30. The Hall–Kier alpha value is -1.40. The highest BCUT2D eigenvalue weighted by atomic mass is 16.5. The van der Waals surface area contributed by atoms with Crippen LogP contribution >= 0.6 is 0 Å². The maximum Gasteiger partial charge on any atom is 0.238 e. The number of nitrogens with one attached hydrogen (secondary N) is 2. The normalized spacial score (nSPS) is 10.4. The Labute approximate surface area is 95.0 Å². The number of carbonyl (C=O) groups excluding carboxylic acids is 1. The molecule has 6 heteroatoms. The van der Waals surface area contributed by atoms with Crippen molar-refractivity contribution in [3.63, 3.8) is 0 Å². The standard InChI is InChI=1S/C10H18N4O2/c1-3-14-8-9(6-12-14)13-10(15)7-11-4-5-16-2/h6,8,11H,3-5,7H2,1-2H3,(H,13,15). The van der Waals surface area contributed by atoms with Gasteiger partial charge in [0.05, 0.1) is 25.0 Å². The molecule has 0 atom stereocenters. The number of amides is 1. The van der Waals surface area contributed by atoms with Crippen LogP contribution in [0.2, 0.25) is 0 Å². The fourth-order valence-corrected chi connectivity index (χ4v) is 1.18. The number of methoxy groups -OCH3 is 1. The molecule has 0 aliphatic rings. The molecule has 2 N–H and O–H groups in total. The molecule has 16 heavy (non-hydrogen) atoms. The second kappa shape index (κ2) is 6.97. The minimum atomic E-state index is -0.0771. The van der Waals surface area contributed by atoms with Crippen LogP contribution in [0.25, 0.3) is 0 Å². The van der Waals surface area contributed by atoms with Gasteiger partial charge in [-0.3, -0.25) is 9.48 Å². The number of aromatic nitrogens is 2. The lowest BCUT2D eigenvalue weighted by atomic mass is 10.5. The number of rotatable bonds is 7. The maximum absolute atomic E-state index is 11.4. The molecular formula is C10H18N4O2. The summed E-state index contributed by atoms with van der Waals surface area (Å²) < 4.78 is 6.61. The van der Waals surface area contributed by atoms with Gasteiger partial charge in [0.25, 0.3) is 0 Å². The van der Waals surface area contributed by atoms with Gasteiger partial charge >= 0.3 is 0 Å². The van der Waals surface area contributed by atoms with E-state index in [1.165, 1.54) is 0 Å². The van der Waals surface area contributed by atoms with Crippen molar-refractivity contribution in [1.82, 2.24) is 15.1 Å². The highest BCUT2D eigenvalue weighted by molar-refractivity contribution is 5.91. The van der Waals surface area contributed by atoms with Crippen molar-refractivity contribution >= 4 is 11.6 Å². The first-order valence-electron chi connectivity index (χ1n) is 5.28. The Balaban J connectivity index is 2.23. The van der Waals surface area contributed by atoms with E-state index in [4.69, 9.17) is 4.74 Å². The van der Waals surface area contributed by atoms with Crippen LogP contribution in [0.5, 0.6) is 0 Å². The van der Waals surface area contributed by atoms with E-state index in [-0.39, 0.29) is 12.5 Å². The summed E-state index contributed by atoms with van der Waals surface area (Å²) in [5.41, 5.74) is 0.723. The molecule has 0 fully saturated rings. The first kappa shape index (κ1) is 12.7. The van der Waals surface area contributed by atoms with Crippen LogP contribution < -0.4 is 10.6 Å². The van der Waals surface area contributed by atoms with Gasteiger partial charge in [-0.25, -0.2) is 0 Å². The fraction of sp³-hybridized carbons (Fsp3) is 0.600. The van der Waals surface area contributed by atoms with Crippen molar-refractivity contribution < 1.29 is 9.53 Å². The van der Waals surface area contributed by atoms with E-state index >= 15 is 0 Å². The molecule has 1 rings (SSSR count). The molecule has 90 valence electrons. The van der Waals surface area contributed by atoms with Crippen LogP contribution in [-0.4, -0.2) is 42.5 Å². The molecule has 0 spiro atoms. The summed E-state index contributed by atoms with van der Waals surface area (Å²) in [5.74, 6) is -0.0771. The molecule has 1 aromatic rings. The zero-order chi connectivity index (χ0) is 11.8. The summed E-state index contributed by atoms with van der Waals surface area (Å²) in [6.07, 6.45) is 3.43. The van der Waals surface area contributed by atoms with Crippen LogP contribution in [0.1, 0.15) is 6.92 Å². The van der Waals surface area contributed by atoms with E-state index in [0.717, 1.165) is 12.2 Å². The molecule has 0 aliphatic heterocycles. The summed E-state index contributed by atoms with van der Waals surface area (Å²) in [6, 6.07) is 0. The molecule has 1 heterocycles. The van der Waals surface area contributed by atoms with Crippen LogP contribution in [0.4, 0.5) is 5.69 Å². The Kier molecular flexibility index (Phi) is 5.52. The molecular weight excluding hydrogens is 208 g/mol. The highest BCUT2D eigenvalue weighted by Gasteiger charge is 2.03. The largest absolute Gasteiger partial charge is 0.383 e. The molecule has 0 radical (unpaired) electrons. The van der Waals surface area contributed by atoms with Gasteiger partial charge in [-0.1, -0.05) is 0 Å². The van der Waals surface area contributed by atoms with Gasteiger partial charge in [0.15, 0.2) is 0 Å². The fourth-order valence-electron chi connectivity index (χ4n) is 1.18. The lowest BCUT2D eigenvalue weighted by Crippen LogP contribution is -2.30. The molecule has 1 amide bonds. The van der Waals surface area contributed by atoms with Crippen LogP contribution in [0.3, 0.4) is 0 Å². The molecule has 6 nitrogen and oxygen atoms in total. The Bertz CT molecular complexity index is 324. The van der Waals surface area contributed by atoms with E-state index in [1.807, 2.05) is 6.92 Å². The first-order chi connectivity index (χ1) is 7.76. The number of carbonyl (C=O) groups is 1. The predicted molar refractivity (Wildman–Crippen MR) is 61.3 cm³/mol. The van der Waals surface area contributed by atoms with Gasteiger partial charge in [0, 0.05) is 26.4 Å². The molecule has 1 aromatic heterocycles. The number of nitrogens with zero attached hydrogens (tertiary/aromatic N) is 2. The topological polar surface area (TPSA) is 68.2 Å². The Morgan fingerprint density at radius 1 is 1.62 bits per heavy atom. The third-order valence-corrected chi connectivity index (χ3v) is 2.01. The maximum atomic E-state index is 11.4. The predicted octanol–water partition coefficient (Wildman–Crippen LogP) is 0.0775. The summed E-state index contributed by atoms with van der Waals surface area (Å²) in [6.45, 7) is 4.33. The van der Waals surface area contributed by atoms with Gasteiger partial charge in [-0.15, -0.1) is 0 Å². The average Bonchev–Trinajstić information content (AvgIpc) is 2.72. The van der Waals surface area contributed by atoms with Crippen LogP contribution in [0, 0.1) is 0 Å². The van der Waals surface area contributed by atoms with E-state index < -0.39 is 0 Å². The molecule has 0 bridgehead atoms. The van der Waals surface area contributed by atoms with Crippen molar-refractivity contribution in [3.05, 3.63) is 12.4 Å². The molecule has 0 aliphatic carbocycles. The summed E-state index contributed by atoms with van der Waals surface area (Å²) >= 11 is 0. The third-order valence-electron chi connectivity index (χ3n) is 2.01. The van der Waals surface area contributed by atoms with E-state index in [1.54, 1.807) is 24.2 Å². The SMILES string of the molecule is CCn1cc(NC(=O)CNCCOC)cn1. The second-order valence-electron chi connectivity index (χ2n) is 3.30. The van der Waals surface area contributed by atoms with Crippen LogP contribution in [-0.2, 0) is 16.1 Å². The average molecular weight is 226 g/mol. The van der Waals surface area contributed by atoms with E-state index in [0.29, 0.717) is 13.2 Å². The minimum absolute atomic E-state index is 0.0771. The lowest BCUT2D eigenvalue weighted by molar-refractivity contribution is -0.115. The van der Waals surface area contributed by atoms with Gasteiger partial charge in [0.2, 0.25) is 5.91 Å². The van der Waals surface area contributed by atoms with Crippen molar-refractivity contribution in [2.75, 3.05) is 32.1 Å². The van der Waals surface area contributed by atoms with E-state index in [9.17, 15) is 4.79 Å². The van der Waals surface area contributed by atoms with Crippen molar-refractivity contribution in [2.24, 2.45) is 0 Å². The van der Waals surface area contributed by atoms with Crippen molar-refractivity contribution in [1.29, 1.82) is 0 Å². The summed E-state index contributed by atoms with van der Waals surface area (Å²) in [7, 11) is 1.63. The quantitative estimate of drug-likeness (QED) is 0.646. The number of anilines is 1. The van der Waals surface area contributed by atoms with Crippen molar-refractivity contribution in [3.8, 4) is 0 Å². The minimum Gasteiger partial charge on any atom is -0.383 e. The lowest BCUT2D eigenvalue weighted by Gasteiger charge is -2.04. The first-order valence-corrected chi connectivity index (χ1v) is 5.28. The highest BCUT2D eigenvalue weighted by Crippen LogP contribution is 2.03. The Morgan fingerprint density at radius 2 is 2.44 bits per heavy atom. The number of aryl methyl sites for hydroxylation is 1. The number of hydrogen-bond donors (Lipinski definition) is 2. The molecule has 0 unspecified atom stereocenters. The molecule has 0 aromatic carbocycles. The molecule has 0 saturated heterocycles.